The van der Waals surface area contributed by atoms with Crippen molar-refractivity contribution in [3.05, 3.63) is 6.42 Å². The van der Waals surface area contributed by atoms with Gasteiger partial charge in [-0.25, -0.2) is 0 Å². The first kappa shape index (κ1) is 14.0. The lowest BCUT2D eigenvalue weighted by atomic mass is 9.89. The molecule has 0 aromatic rings. The van der Waals surface area contributed by atoms with E-state index in [1.54, 1.807) is 0 Å². The van der Waals surface area contributed by atoms with Crippen molar-refractivity contribution in [3.63, 3.8) is 0 Å². The zero-order valence-electron chi connectivity index (χ0n) is 10.4. The molecule has 0 heterocycles. The molecule has 0 aliphatic rings. The van der Waals surface area contributed by atoms with E-state index in [1.807, 2.05) is 0 Å². The fraction of sp³-hybridized carbons (Fsp3) is 0.923. The minimum absolute atomic E-state index is 0.826. The first-order chi connectivity index (χ1) is 6.70. The van der Waals surface area contributed by atoms with E-state index in [4.69, 9.17) is 4.74 Å². The lowest BCUT2D eigenvalue weighted by Gasteiger charge is -2.17. The summed E-state index contributed by atoms with van der Waals surface area (Å²) in [5, 5.41) is 0. The van der Waals surface area contributed by atoms with Gasteiger partial charge in [-0.3, -0.25) is 0 Å². The van der Waals surface area contributed by atoms with Crippen molar-refractivity contribution in [2.24, 2.45) is 11.8 Å². The summed E-state index contributed by atoms with van der Waals surface area (Å²) in [5.41, 5.74) is 0. The van der Waals surface area contributed by atoms with E-state index in [1.165, 1.54) is 25.7 Å². The molecule has 1 nitrogen and oxygen atoms in total. The van der Waals surface area contributed by atoms with Crippen LogP contribution in [0.5, 0.6) is 0 Å². The number of hydrogen-bond acceptors (Lipinski definition) is 1. The molecule has 0 saturated heterocycles. The Hall–Kier alpha value is -0.0400. The number of hydrogen-bond donors (Lipinski definition) is 0. The van der Waals surface area contributed by atoms with E-state index in [-0.39, 0.29) is 0 Å². The minimum atomic E-state index is 0.826. The molecule has 0 rings (SSSR count). The van der Waals surface area contributed by atoms with Crippen LogP contribution in [0.4, 0.5) is 0 Å². The van der Waals surface area contributed by atoms with Gasteiger partial charge in [-0.1, -0.05) is 20.8 Å². The Labute approximate surface area is 90.2 Å². The van der Waals surface area contributed by atoms with E-state index in [0.29, 0.717) is 0 Å². The van der Waals surface area contributed by atoms with Crippen LogP contribution in [-0.2, 0) is 4.74 Å². The predicted octanol–water partition coefficient (Wildman–Crippen LogP) is 4.08. The molecule has 1 heteroatoms. The molecule has 1 unspecified atom stereocenters. The Morgan fingerprint density at radius 3 is 2.50 bits per heavy atom. The summed E-state index contributed by atoms with van der Waals surface area (Å²) < 4.78 is 5.36. The topological polar surface area (TPSA) is 9.23 Å². The normalized spacial score (nSPS) is 13.5. The van der Waals surface area contributed by atoms with Crippen LogP contribution in [0, 0.1) is 18.3 Å². The van der Waals surface area contributed by atoms with Crippen LogP contribution >= 0.6 is 0 Å². The Morgan fingerprint density at radius 2 is 2.00 bits per heavy atom. The van der Waals surface area contributed by atoms with Crippen molar-refractivity contribution in [1.82, 2.24) is 0 Å². The molecule has 0 amide bonds. The zero-order valence-corrected chi connectivity index (χ0v) is 10.4. The van der Waals surface area contributed by atoms with Crippen molar-refractivity contribution >= 4 is 0 Å². The first-order valence-corrected chi connectivity index (χ1v) is 6.06. The Bertz CT molecular complexity index is 110. The summed E-state index contributed by atoms with van der Waals surface area (Å²) in [6, 6.07) is 0. The van der Waals surface area contributed by atoms with Crippen LogP contribution in [-0.4, -0.2) is 13.2 Å². The maximum absolute atomic E-state index is 5.36. The third kappa shape index (κ3) is 8.55. The second kappa shape index (κ2) is 9.51. The highest BCUT2D eigenvalue weighted by Gasteiger charge is 2.09. The van der Waals surface area contributed by atoms with Crippen molar-refractivity contribution < 1.29 is 4.74 Å². The molecule has 0 aliphatic carbocycles. The third-order valence-corrected chi connectivity index (χ3v) is 2.48. The van der Waals surface area contributed by atoms with Crippen molar-refractivity contribution in [1.29, 1.82) is 0 Å². The van der Waals surface area contributed by atoms with Crippen LogP contribution < -0.4 is 0 Å². The van der Waals surface area contributed by atoms with Gasteiger partial charge in [0.2, 0.25) is 0 Å². The van der Waals surface area contributed by atoms with E-state index in [0.717, 1.165) is 25.0 Å². The molecule has 0 N–H and O–H groups in total. The van der Waals surface area contributed by atoms with Gasteiger partial charge in [0, 0.05) is 13.2 Å². The molecular formula is C13H27O. The smallest absolute Gasteiger partial charge is 0.0465 e. The number of rotatable bonds is 9. The van der Waals surface area contributed by atoms with Gasteiger partial charge in [0.25, 0.3) is 0 Å². The zero-order chi connectivity index (χ0) is 10.8. The van der Waals surface area contributed by atoms with Gasteiger partial charge < -0.3 is 4.74 Å². The van der Waals surface area contributed by atoms with E-state index in [9.17, 15) is 0 Å². The monoisotopic (exact) mass is 199 g/mol. The second-order valence-electron chi connectivity index (χ2n) is 4.48. The molecule has 0 bridgehead atoms. The lowest BCUT2D eigenvalue weighted by molar-refractivity contribution is 0.138. The van der Waals surface area contributed by atoms with Crippen LogP contribution in [0.3, 0.4) is 0 Å². The molecule has 0 saturated carbocycles. The highest BCUT2D eigenvalue weighted by atomic mass is 16.5. The van der Waals surface area contributed by atoms with E-state index >= 15 is 0 Å². The molecule has 14 heavy (non-hydrogen) atoms. The van der Waals surface area contributed by atoms with Gasteiger partial charge in [0.1, 0.15) is 0 Å². The fourth-order valence-electron chi connectivity index (χ4n) is 1.95. The maximum Gasteiger partial charge on any atom is 0.0465 e. The van der Waals surface area contributed by atoms with Gasteiger partial charge in [0.15, 0.2) is 0 Å². The molecule has 0 aromatic heterocycles. The summed E-state index contributed by atoms with van der Waals surface area (Å²) in [5.74, 6) is 1.70. The van der Waals surface area contributed by atoms with Gasteiger partial charge in [0.05, 0.1) is 0 Å². The molecule has 0 aliphatic heterocycles. The highest BCUT2D eigenvalue weighted by Crippen LogP contribution is 2.21. The van der Waals surface area contributed by atoms with Crippen LogP contribution in [0.15, 0.2) is 0 Å². The largest absolute Gasteiger partial charge is 0.382 e. The molecule has 1 atom stereocenters. The van der Waals surface area contributed by atoms with Gasteiger partial charge in [-0.05, 0) is 50.9 Å². The Balaban J connectivity index is 3.51. The average Bonchev–Trinajstić information content (AvgIpc) is 2.12. The van der Waals surface area contributed by atoms with Gasteiger partial charge in [-0.15, -0.1) is 0 Å². The minimum Gasteiger partial charge on any atom is -0.382 e. The average molecular weight is 199 g/mol. The predicted molar refractivity (Wildman–Crippen MR) is 63.3 cm³/mol. The summed E-state index contributed by atoms with van der Waals surface area (Å²) in [4.78, 5) is 0. The fourth-order valence-corrected chi connectivity index (χ4v) is 1.95. The molecule has 0 aromatic carbocycles. The van der Waals surface area contributed by atoms with Crippen molar-refractivity contribution in [2.45, 2.75) is 53.4 Å². The summed E-state index contributed by atoms with van der Waals surface area (Å²) >= 11 is 0. The van der Waals surface area contributed by atoms with Gasteiger partial charge >= 0.3 is 0 Å². The number of ether oxygens (including phenoxy) is 1. The summed E-state index contributed by atoms with van der Waals surface area (Å²) in [7, 11) is 0. The molecule has 0 fully saturated rings. The van der Waals surface area contributed by atoms with Crippen LogP contribution in [0.1, 0.15) is 53.4 Å². The standard InChI is InChI=1S/C13H27O/c1-5-8-13(11-12(3)4)9-7-10-14-6-2/h5,12-13H,6-11H2,1-4H3. The van der Waals surface area contributed by atoms with Crippen molar-refractivity contribution in [2.75, 3.05) is 13.2 Å². The highest BCUT2D eigenvalue weighted by molar-refractivity contribution is 4.68. The van der Waals surface area contributed by atoms with Crippen LogP contribution in [0.2, 0.25) is 0 Å². The summed E-state index contributed by atoms with van der Waals surface area (Å²) in [6.45, 7) is 10.6. The SMILES string of the molecule is C[CH]CC(CCCOCC)CC(C)C. The van der Waals surface area contributed by atoms with E-state index < -0.39 is 0 Å². The summed E-state index contributed by atoms with van der Waals surface area (Å²) in [6.07, 6.45) is 7.47. The third-order valence-electron chi connectivity index (χ3n) is 2.48. The second-order valence-corrected chi connectivity index (χ2v) is 4.48. The van der Waals surface area contributed by atoms with Crippen molar-refractivity contribution in [3.8, 4) is 0 Å². The molecular weight excluding hydrogens is 172 g/mol. The first-order valence-electron chi connectivity index (χ1n) is 6.06. The quantitative estimate of drug-likeness (QED) is 0.508. The molecule has 0 spiro atoms. The Morgan fingerprint density at radius 1 is 1.29 bits per heavy atom. The molecule has 1 radical (unpaired) electrons. The lowest BCUT2D eigenvalue weighted by Crippen LogP contribution is -2.06. The van der Waals surface area contributed by atoms with Crippen LogP contribution in [0.25, 0.3) is 0 Å². The maximum atomic E-state index is 5.36. The molecule has 85 valence electrons. The van der Waals surface area contributed by atoms with E-state index in [2.05, 4.69) is 34.1 Å². The van der Waals surface area contributed by atoms with Gasteiger partial charge in [-0.2, -0.15) is 0 Å². The Kier molecular flexibility index (Phi) is 9.49.